The Bertz CT molecular complexity index is 576. The highest BCUT2D eigenvalue weighted by Gasteiger charge is 2.34. The van der Waals surface area contributed by atoms with Crippen LogP contribution in [0.25, 0.3) is 0 Å². The van der Waals surface area contributed by atoms with Crippen molar-refractivity contribution in [2.45, 2.75) is 19.4 Å². The molecule has 6 nitrogen and oxygen atoms in total. The standard InChI is InChI=1S/C14H17ClN2O4/c1-4-9-14(19)17(7-13(18)16-9)10-5-8(15)11(20-2)6-12(10)21-3/h5-6,9H,4,7H2,1-3H3,(H,16,18). The predicted octanol–water partition coefficient (Wildman–Crippen LogP) is 1.60. The van der Waals surface area contributed by atoms with E-state index in [9.17, 15) is 9.59 Å². The summed E-state index contributed by atoms with van der Waals surface area (Å²) in [6.07, 6.45) is 0.521. The number of carbonyl (C=O) groups excluding carboxylic acids is 2. The van der Waals surface area contributed by atoms with Gasteiger partial charge >= 0.3 is 0 Å². The van der Waals surface area contributed by atoms with Gasteiger partial charge in [-0.2, -0.15) is 0 Å². The van der Waals surface area contributed by atoms with Crippen molar-refractivity contribution < 1.29 is 19.1 Å². The molecule has 1 N–H and O–H groups in total. The van der Waals surface area contributed by atoms with Crippen LogP contribution in [0.1, 0.15) is 13.3 Å². The maximum Gasteiger partial charge on any atom is 0.250 e. The first-order chi connectivity index (χ1) is 10.0. The van der Waals surface area contributed by atoms with Crippen LogP contribution in [-0.4, -0.2) is 38.6 Å². The lowest BCUT2D eigenvalue weighted by atomic mass is 10.1. The Balaban J connectivity index is 2.46. The Hall–Kier alpha value is -1.95. The van der Waals surface area contributed by atoms with E-state index in [-0.39, 0.29) is 18.4 Å². The van der Waals surface area contributed by atoms with Gasteiger partial charge in [-0.1, -0.05) is 18.5 Å². The van der Waals surface area contributed by atoms with Crippen molar-refractivity contribution in [2.24, 2.45) is 0 Å². The lowest BCUT2D eigenvalue weighted by Crippen LogP contribution is -2.58. The Morgan fingerprint density at radius 3 is 2.52 bits per heavy atom. The van der Waals surface area contributed by atoms with E-state index in [0.29, 0.717) is 28.6 Å². The number of benzene rings is 1. The van der Waals surface area contributed by atoms with Crippen molar-refractivity contribution in [1.29, 1.82) is 0 Å². The van der Waals surface area contributed by atoms with Crippen LogP contribution < -0.4 is 19.7 Å². The van der Waals surface area contributed by atoms with Crippen LogP contribution in [0.15, 0.2) is 12.1 Å². The molecule has 1 saturated heterocycles. The van der Waals surface area contributed by atoms with Gasteiger partial charge in [-0.15, -0.1) is 0 Å². The smallest absolute Gasteiger partial charge is 0.250 e. The number of anilines is 1. The number of amides is 2. The molecule has 0 saturated carbocycles. The number of hydrogen-bond donors (Lipinski definition) is 1. The molecule has 2 rings (SSSR count). The van der Waals surface area contributed by atoms with E-state index >= 15 is 0 Å². The zero-order chi connectivity index (χ0) is 15.6. The minimum atomic E-state index is -0.531. The van der Waals surface area contributed by atoms with Crippen molar-refractivity contribution in [3.8, 4) is 11.5 Å². The number of methoxy groups -OCH3 is 2. The fraction of sp³-hybridized carbons (Fsp3) is 0.429. The molecule has 21 heavy (non-hydrogen) atoms. The van der Waals surface area contributed by atoms with Gasteiger partial charge in [0.2, 0.25) is 11.8 Å². The molecule has 2 amide bonds. The van der Waals surface area contributed by atoms with Gasteiger partial charge in [0.1, 0.15) is 24.1 Å². The summed E-state index contributed by atoms with van der Waals surface area (Å²) in [7, 11) is 2.98. The molecule has 1 unspecified atom stereocenters. The lowest BCUT2D eigenvalue weighted by Gasteiger charge is -2.33. The molecule has 1 aromatic rings. The monoisotopic (exact) mass is 312 g/mol. The van der Waals surface area contributed by atoms with E-state index in [0.717, 1.165) is 0 Å². The average Bonchev–Trinajstić information content (AvgIpc) is 2.48. The van der Waals surface area contributed by atoms with Crippen molar-refractivity contribution in [3.63, 3.8) is 0 Å². The third-order valence-electron chi connectivity index (χ3n) is 3.35. The third-order valence-corrected chi connectivity index (χ3v) is 3.65. The number of piperazine rings is 1. The van der Waals surface area contributed by atoms with E-state index in [1.807, 2.05) is 6.92 Å². The zero-order valence-corrected chi connectivity index (χ0v) is 12.9. The molecule has 0 radical (unpaired) electrons. The number of ether oxygens (including phenoxy) is 2. The highest BCUT2D eigenvalue weighted by Crippen LogP contribution is 2.38. The van der Waals surface area contributed by atoms with Gasteiger partial charge in [-0.25, -0.2) is 0 Å². The molecular formula is C14H17ClN2O4. The van der Waals surface area contributed by atoms with Crippen molar-refractivity contribution in [3.05, 3.63) is 17.2 Å². The van der Waals surface area contributed by atoms with E-state index in [1.165, 1.54) is 19.1 Å². The molecule has 1 fully saturated rings. The highest BCUT2D eigenvalue weighted by atomic mass is 35.5. The molecule has 1 aliphatic heterocycles. The summed E-state index contributed by atoms with van der Waals surface area (Å²) >= 11 is 6.11. The van der Waals surface area contributed by atoms with Crippen molar-refractivity contribution >= 4 is 29.1 Å². The first-order valence-electron chi connectivity index (χ1n) is 6.54. The molecule has 1 atom stereocenters. The first-order valence-corrected chi connectivity index (χ1v) is 6.91. The quantitative estimate of drug-likeness (QED) is 0.917. The maximum atomic E-state index is 12.4. The molecule has 0 bridgehead atoms. The average molecular weight is 313 g/mol. The van der Waals surface area contributed by atoms with Crippen molar-refractivity contribution in [2.75, 3.05) is 25.7 Å². The van der Waals surface area contributed by atoms with Crippen LogP contribution in [0, 0.1) is 0 Å². The summed E-state index contributed by atoms with van der Waals surface area (Å²) in [6, 6.07) is 2.64. The normalized spacial score (nSPS) is 18.5. The number of halogens is 1. The van der Waals surface area contributed by atoms with Gasteiger partial charge in [0, 0.05) is 6.07 Å². The van der Waals surface area contributed by atoms with Crippen LogP contribution in [-0.2, 0) is 9.59 Å². The molecule has 1 heterocycles. The summed E-state index contributed by atoms with van der Waals surface area (Å²) in [5.41, 5.74) is 0.460. The summed E-state index contributed by atoms with van der Waals surface area (Å²) in [4.78, 5) is 25.6. The van der Waals surface area contributed by atoms with Crippen LogP contribution in [0.3, 0.4) is 0 Å². The van der Waals surface area contributed by atoms with E-state index in [2.05, 4.69) is 5.32 Å². The minimum absolute atomic E-state index is 0.0612. The molecule has 0 aliphatic carbocycles. The van der Waals surface area contributed by atoms with Crippen LogP contribution in [0.4, 0.5) is 5.69 Å². The summed E-state index contributed by atoms with van der Waals surface area (Å²) in [5, 5.41) is 3.01. The van der Waals surface area contributed by atoms with Crippen molar-refractivity contribution in [1.82, 2.24) is 5.32 Å². The molecule has 7 heteroatoms. The molecule has 114 valence electrons. The van der Waals surface area contributed by atoms with Gasteiger partial charge in [-0.3, -0.25) is 14.5 Å². The number of carbonyl (C=O) groups is 2. The third kappa shape index (κ3) is 2.90. The number of rotatable bonds is 4. The Morgan fingerprint density at radius 2 is 1.95 bits per heavy atom. The van der Waals surface area contributed by atoms with E-state index < -0.39 is 6.04 Å². The second kappa shape index (κ2) is 6.22. The van der Waals surface area contributed by atoms with Crippen LogP contribution >= 0.6 is 11.6 Å². The largest absolute Gasteiger partial charge is 0.495 e. The SMILES string of the molecule is CCC1NC(=O)CN(c2cc(Cl)c(OC)cc2OC)C1=O. The summed E-state index contributed by atoms with van der Waals surface area (Å²) < 4.78 is 10.4. The Labute approximate surface area is 128 Å². The molecule has 0 aromatic heterocycles. The highest BCUT2D eigenvalue weighted by molar-refractivity contribution is 6.32. The fourth-order valence-electron chi connectivity index (χ4n) is 2.25. The lowest BCUT2D eigenvalue weighted by molar-refractivity contribution is -0.131. The predicted molar refractivity (Wildman–Crippen MR) is 79.1 cm³/mol. The number of nitrogens with one attached hydrogen (secondary N) is 1. The zero-order valence-electron chi connectivity index (χ0n) is 12.1. The van der Waals surface area contributed by atoms with Gasteiger partial charge in [-0.05, 0) is 12.5 Å². The van der Waals surface area contributed by atoms with Crippen LogP contribution in [0.2, 0.25) is 5.02 Å². The second-order valence-corrected chi connectivity index (χ2v) is 5.02. The molecule has 1 aromatic carbocycles. The molecule has 1 aliphatic rings. The first kappa shape index (κ1) is 15.4. The van der Waals surface area contributed by atoms with E-state index in [4.69, 9.17) is 21.1 Å². The summed E-state index contributed by atoms with van der Waals surface area (Å²) in [6.45, 7) is 1.78. The Kier molecular flexibility index (Phi) is 4.57. The van der Waals surface area contributed by atoms with E-state index in [1.54, 1.807) is 12.1 Å². The minimum Gasteiger partial charge on any atom is -0.495 e. The van der Waals surface area contributed by atoms with Gasteiger partial charge < -0.3 is 14.8 Å². The van der Waals surface area contributed by atoms with Gasteiger partial charge in [0.25, 0.3) is 0 Å². The summed E-state index contributed by atoms with van der Waals surface area (Å²) in [5.74, 6) is 0.472. The number of nitrogens with zero attached hydrogens (tertiary/aromatic N) is 1. The second-order valence-electron chi connectivity index (χ2n) is 4.61. The molecular weight excluding hydrogens is 296 g/mol. The molecule has 0 spiro atoms. The Morgan fingerprint density at radius 1 is 1.29 bits per heavy atom. The van der Waals surface area contributed by atoms with Crippen LogP contribution in [0.5, 0.6) is 11.5 Å². The maximum absolute atomic E-state index is 12.4. The topological polar surface area (TPSA) is 67.9 Å². The fourth-order valence-corrected chi connectivity index (χ4v) is 2.48. The number of hydrogen-bond acceptors (Lipinski definition) is 4. The van der Waals surface area contributed by atoms with Gasteiger partial charge in [0.05, 0.1) is 24.9 Å². The van der Waals surface area contributed by atoms with Gasteiger partial charge in [0.15, 0.2) is 0 Å².